The summed E-state index contributed by atoms with van der Waals surface area (Å²) in [6, 6.07) is 13.8. The molecule has 8 nitrogen and oxygen atoms in total. The van der Waals surface area contributed by atoms with Crippen LogP contribution in [0.5, 0.6) is 11.5 Å². The van der Waals surface area contributed by atoms with Crippen molar-refractivity contribution in [2.45, 2.75) is 64.2 Å². The summed E-state index contributed by atoms with van der Waals surface area (Å²) in [4.78, 5) is 16.0. The van der Waals surface area contributed by atoms with Crippen molar-refractivity contribution in [3.8, 4) is 22.8 Å². The van der Waals surface area contributed by atoms with E-state index in [4.69, 9.17) is 9.72 Å². The van der Waals surface area contributed by atoms with E-state index in [2.05, 4.69) is 20.2 Å². The number of thiazole rings is 1. The van der Waals surface area contributed by atoms with Crippen LogP contribution in [0.3, 0.4) is 0 Å². The lowest BCUT2D eigenvalue weighted by molar-refractivity contribution is 0.116. The topological polar surface area (TPSA) is 104 Å². The van der Waals surface area contributed by atoms with Gasteiger partial charge in [-0.15, -0.1) is 0 Å². The highest BCUT2D eigenvalue weighted by Crippen LogP contribution is 2.34. The van der Waals surface area contributed by atoms with Crippen LogP contribution in [-0.4, -0.2) is 56.5 Å². The molecule has 6 rings (SSSR count). The summed E-state index contributed by atoms with van der Waals surface area (Å²) in [7, 11) is 0. The first-order valence-electron chi connectivity index (χ1n) is 13.0. The highest BCUT2D eigenvalue weighted by molar-refractivity contribution is 7.22. The Morgan fingerprint density at radius 1 is 0.895 bits per heavy atom. The molecule has 2 atom stereocenters. The van der Waals surface area contributed by atoms with Crippen LogP contribution in [0.15, 0.2) is 54.9 Å². The standard InChI is InChI=1S/C28H31N5O3S.CH4/c34-19-9-13-33(14-10-19)27-15-18(7-11-30-27)24-16-21(8-12-29-24)36-20-5-6-23-26(17-20)37-28(32-23)31-22-3-1-2-4-25(22)35;/h5-8,11-12,15-17,19,22,25,34-35H,1-4,9-10,13-14H2,(H,31,32);1H4/t22-,25-;/m1./s1. The van der Waals surface area contributed by atoms with Crippen molar-refractivity contribution in [1.29, 1.82) is 0 Å². The van der Waals surface area contributed by atoms with Crippen molar-refractivity contribution >= 4 is 32.5 Å². The molecule has 1 aliphatic carbocycles. The van der Waals surface area contributed by atoms with Crippen LogP contribution in [0.1, 0.15) is 46.0 Å². The van der Waals surface area contributed by atoms with Gasteiger partial charge in [0.2, 0.25) is 0 Å². The molecular formula is C29H35N5O3S. The van der Waals surface area contributed by atoms with Crippen molar-refractivity contribution in [3.63, 3.8) is 0 Å². The molecule has 1 aliphatic heterocycles. The van der Waals surface area contributed by atoms with E-state index in [9.17, 15) is 10.2 Å². The molecule has 0 spiro atoms. The maximum atomic E-state index is 10.3. The lowest BCUT2D eigenvalue weighted by atomic mass is 9.93. The van der Waals surface area contributed by atoms with Gasteiger partial charge in [0.15, 0.2) is 5.13 Å². The fourth-order valence-corrected chi connectivity index (χ4v) is 6.04. The van der Waals surface area contributed by atoms with E-state index in [0.717, 1.165) is 89.8 Å². The second kappa shape index (κ2) is 11.6. The Morgan fingerprint density at radius 2 is 1.68 bits per heavy atom. The Bertz CT molecular complexity index is 1370. The molecule has 2 fully saturated rings. The first kappa shape index (κ1) is 26.3. The number of fused-ring (bicyclic) bond motifs is 1. The van der Waals surface area contributed by atoms with Gasteiger partial charge < -0.3 is 25.2 Å². The summed E-state index contributed by atoms with van der Waals surface area (Å²) in [6.45, 7) is 1.60. The maximum Gasteiger partial charge on any atom is 0.184 e. The Kier molecular flexibility index (Phi) is 8.06. The Morgan fingerprint density at radius 3 is 2.53 bits per heavy atom. The van der Waals surface area contributed by atoms with Gasteiger partial charge in [-0.05, 0) is 56.0 Å². The maximum absolute atomic E-state index is 10.3. The highest BCUT2D eigenvalue weighted by atomic mass is 32.1. The fraction of sp³-hybridized carbons (Fsp3) is 0.414. The molecule has 1 saturated carbocycles. The molecule has 200 valence electrons. The average molecular weight is 534 g/mol. The normalized spacial score (nSPS) is 20.2. The minimum atomic E-state index is -0.315. The van der Waals surface area contributed by atoms with Gasteiger partial charge in [0.05, 0.1) is 34.2 Å². The van der Waals surface area contributed by atoms with E-state index in [1.54, 1.807) is 23.7 Å². The number of nitrogens with zero attached hydrogens (tertiary/aromatic N) is 4. The van der Waals surface area contributed by atoms with Crippen LogP contribution in [0, 0.1) is 0 Å². The predicted octanol–water partition coefficient (Wildman–Crippen LogP) is 5.86. The van der Waals surface area contributed by atoms with E-state index in [-0.39, 0.29) is 25.7 Å². The van der Waals surface area contributed by atoms with Gasteiger partial charge in [-0.2, -0.15) is 0 Å². The largest absolute Gasteiger partial charge is 0.457 e. The van der Waals surface area contributed by atoms with Gasteiger partial charge in [0.25, 0.3) is 0 Å². The summed E-state index contributed by atoms with van der Waals surface area (Å²) in [5, 5.41) is 24.4. The Hall–Kier alpha value is -3.27. The molecule has 3 N–H and O–H groups in total. The molecule has 0 radical (unpaired) electrons. The lowest BCUT2D eigenvalue weighted by Crippen LogP contribution is -2.36. The van der Waals surface area contributed by atoms with Gasteiger partial charge in [-0.1, -0.05) is 31.6 Å². The van der Waals surface area contributed by atoms with E-state index in [1.807, 2.05) is 42.5 Å². The van der Waals surface area contributed by atoms with Crippen LogP contribution in [0.2, 0.25) is 0 Å². The van der Waals surface area contributed by atoms with Crippen LogP contribution in [0.4, 0.5) is 10.9 Å². The van der Waals surface area contributed by atoms with E-state index < -0.39 is 0 Å². The predicted molar refractivity (Wildman–Crippen MR) is 153 cm³/mol. The third kappa shape index (κ3) is 5.90. The first-order valence-corrected chi connectivity index (χ1v) is 13.8. The number of ether oxygens (including phenoxy) is 1. The number of hydrogen-bond acceptors (Lipinski definition) is 9. The fourth-order valence-electron chi connectivity index (χ4n) is 5.08. The average Bonchev–Trinajstić information content (AvgIpc) is 3.32. The van der Waals surface area contributed by atoms with Crippen LogP contribution in [-0.2, 0) is 0 Å². The molecule has 4 aromatic rings. The summed E-state index contributed by atoms with van der Waals surface area (Å²) < 4.78 is 7.24. The highest BCUT2D eigenvalue weighted by Gasteiger charge is 2.24. The molecule has 0 amide bonds. The number of pyridine rings is 2. The lowest BCUT2D eigenvalue weighted by Gasteiger charge is -2.30. The third-order valence-corrected chi connectivity index (χ3v) is 8.14. The Labute approximate surface area is 227 Å². The number of aliphatic hydroxyl groups excluding tert-OH is 2. The van der Waals surface area contributed by atoms with Crippen LogP contribution in [0.25, 0.3) is 21.5 Å². The zero-order valence-electron chi connectivity index (χ0n) is 20.6. The third-order valence-electron chi connectivity index (χ3n) is 7.20. The molecule has 2 aliphatic rings. The van der Waals surface area contributed by atoms with E-state index >= 15 is 0 Å². The zero-order chi connectivity index (χ0) is 25.2. The number of benzene rings is 1. The molecule has 0 bridgehead atoms. The van der Waals surface area contributed by atoms with Gasteiger partial charge in [0, 0.05) is 43.2 Å². The monoisotopic (exact) mass is 533 g/mol. The molecule has 0 unspecified atom stereocenters. The summed E-state index contributed by atoms with van der Waals surface area (Å²) >= 11 is 1.58. The van der Waals surface area contributed by atoms with Gasteiger partial charge >= 0.3 is 0 Å². The molecular weight excluding hydrogens is 498 g/mol. The van der Waals surface area contributed by atoms with Gasteiger partial charge in [0.1, 0.15) is 17.3 Å². The van der Waals surface area contributed by atoms with E-state index in [0.29, 0.717) is 5.75 Å². The minimum absolute atomic E-state index is 0. The van der Waals surface area contributed by atoms with Gasteiger partial charge in [-0.3, -0.25) is 4.98 Å². The van der Waals surface area contributed by atoms with Crippen molar-refractivity contribution < 1.29 is 14.9 Å². The van der Waals surface area contributed by atoms with Crippen LogP contribution >= 0.6 is 11.3 Å². The Balaban J connectivity index is 0.00000294. The molecule has 9 heteroatoms. The second-order valence-electron chi connectivity index (χ2n) is 9.85. The molecule has 38 heavy (non-hydrogen) atoms. The molecule has 1 saturated heterocycles. The number of piperidine rings is 1. The minimum Gasteiger partial charge on any atom is -0.457 e. The van der Waals surface area contributed by atoms with Crippen molar-refractivity contribution in [1.82, 2.24) is 15.0 Å². The summed E-state index contributed by atoms with van der Waals surface area (Å²) in [6.07, 6.45) is 8.59. The van der Waals surface area contributed by atoms with Crippen molar-refractivity contribution in [2.75, 3.05) is 23.3 Å². The van der Waals surface area contributed by atoms with Crippen molar-refractivity contribution in [3.05, 3.63) is 54.9 Å². The summed E-state index contributed by atoms with van der Waals surface area (Å²) in [5.41, 5.74) is 2.70. The quantitative estimate of drug-likeness (QED) is 0.283. The van der Waals surface area contributed by atoms with Crippen molar-refractivity contribution in [2.24, 2.45) is 0 Å². The van der Waals surface area contributed by atoms with Crippen LogP contribution < -0.4 is 15.0 Å². The number of aromatic nitrogens is 3. The molecule has 3 aromatic heterocycles. The zero-order valence-corrected chi connectivity index (χ0v) is 21.4. The second-order valence-corrected chi connectivity index (χ2v) is 10.9. The smallest absolute Gasteiger partial charge is 0.184 e. The number of anilines is 2. The number of hydrogen-bond donors (Lipinski definition) is 3. The molecule has 4 heterocycles. The first-order chi connectivity index (χ1) is 18.1. The van der Waals surface area contributed by atoms with Gasteiger partial charge in [-0.25, -0.2) is 9.97 Å². The SMILES string of the molecule is C.OC1CCN(c2cc(-c3cc(Oc4ccc5nc(N[C@@H]6CCCC[C@H]6O)sc5c4)ccn3)ccn2)CC1. The number of nitrogens with one attached hydrogen (secondary N) is 1. The molecule has 1 aromatic carbocycles. The number of rotatable bonds is 6. The number of aliphatic hydroxyl groups is 2. The summed E-state index contributed by atoms with van der Waals surface area (Å²) in [5.74, 6) is 2.34. The van der Waals surface area contributed by atoms with E-state index in [1.165, 1.54) is 0 Å².